The Morgan fingerprint density at radius 3 is 2.63 bits per heavy atom. The number of carbonyl (C=O) groups is 2. The minimum atomic E-state index is -0.621. The second-order valence-electron chi connectivity index (χ2n) is 6.36. The number of ether oxygens (including phenoxy) is 1. The number of nitrogens with zero attached hydrogens (tertiary/aromatic N) is 2. The number of hydrogen-bond acceptors (Lipinski definition) is 4. The number of pyridine rings is 1. The average Bonchev–Trinajstić information content (AvgIpc) is 2.99. The van der Waals surface area contributed by atoms with Gasteiger partial charge in [0.1, 0.15) is 5.65 Å². The molecule has 0 spiro atoms. The van der Waals surface area contributed by atoms with E-state index in [-0.39, 0.29) is 17.5 Å². The number of aromatic nitrogens is 2. The topological polar surface area (TPSA) is 60.7 Å². The standard InChI is InChI=1S/C21H19ClN2O3/c1-14(2)15-6-8-16(9-7-15)18(25)13-27-20(26)11-10-17-21(22)23-19-5-3-4-12-24(17)19/h3-12,14H,13H2,1-2H3/b11-10+. The summed E-state index contributed by atoms with van der Waals surface area (Å²) < 4.78 is 6.80. The second-order valence-corrected chi connectivity index (χ2v) is 6.72. The van der Waals surface area contributed by atoms with E-state index in [1.807, 2.05) is 30.3 Å². The molecule has 0 aliphatic heterocycles. The van der Waals surface area contributed by atoms with E-state index in [9.17, 15) is 9.59 Å². The maximum Gasteiger partial charge on any atom is 0.331 e. The first kappa shape index (κ1) is 18.9. The molecule has 0 aliphatic carbocycles. The molecule has 3 rings (SSSR count). The van der Waals surface area contributed by atoms with Gasteiger partial charge in [-0.1, -0.05) is 55.8 Å². The molecule has 2 heterocycles. The summed E-state index contributed by atoms with van der Waals surface area (Å²) >= 11 is 6.10. The van der Waals surface area contributed by atoms with Crippen LogP contribution < -0.4 is 0 Å². The van der Waals surface area contributed by atoms with Crippen LogP contribution in [0.2, 0.25) is 5.15 Å². The van der Waals surface area contributed by atoms with Crippen molar-refractivity contribution in [1.29, 1.82) is 0 Å². The van der Waals surface area contributed by atoms with Crippen LogP contribution in [0.25, 0.3) is 11.7 Å². The molecule has 5 nitrogen and oxygen atoms in total. The molecule has 0 bridgehead atoms. The Bertz CT molecular complexity index is 1000. The van der Waals surface area contributed by atoms with Crippen LogP contribution >= 0.6 is 11.6 Å². The van der Waals surface area contributed by atoms with Gasteiger partial charge in [-0.3, -0.25) is 9.20 Å². The molecular formula is C21H19ClN2O3. The lowest BCUT2D eigenvalue weighted by Crippen LogP contribution is -2.12. The molecule has 0 unspecified atom stereocenters. The fourth-order valence-electron chi connectivity index (χ4n) is 2.60. The van der Waals surface area contributed by atoms with Crippen LogP contribution in [0.3, 0.4) is 0 Å². The summed E-state index contributed by atoms with van der Waals surface area (Å²) in [5.74, 6) is -0.479. The molecule has 0 atom stereocenters. The van der Waals surface area contributed by atoms with E-state index in [1.165, 1.54) is 12.2 Å². The molecule has 6 heteroatoms. The highest BCUT2D eigenvalue weighted by molar-refractivity contribution is 6.31. The number of esters is 1. The first-order valence-electron chi connectivity index (χ1n) is 8.56. The zero-order chi connectivity index (χ0) is 19.4. The Labute approximate surface area is 162 Å². The van der Waals surface area contributed by atoms with Crippen molar-refractivity contribution in [1.82, 2.24) is 9.38 Å². The molecule has 0 aliphatic rings. The minimum absolute atomic E-state index is 0.250. The zero-order valence-corrected chi connectivity index (χ0v) is 15.8. The lowest BCUT2D eigenvalue weighted by molar-refractivity contribution is -0.136. The van der Waals surface area contributed by atoms with Crippen molar-refractivity contribution in [2.24, 2.45) is 0 Å². The maximum atomic E-state index is 12.2. The van der Waals surface area contributed by atoms with E-state index in [0.29, 0.717) is 22.8 Å². The van der Waals surface area contributed by atoms with E-state index >= 15 is 0 Å². The summed E-state index contributed by atoms with van der Waals surface area (Å²) in [6, 6.07) is 12.8. The molecule has 2 aromatic heterocycles. The van der Waals surface area contributed by atoms with Crippen molar-refractivity contribution in [3.63, 3.8) is 0 Å². The number of ketones is 1. The monoisotopic (exact) mass is 382 g/mol. The number of halogens is 1. The number of imidazole rings is 1. The van der Waals surface area contributed by atoms with Gasteiger partial charge in [0.25, 0.3) is 0 Å². The predicted molar refractivity (Wildman–Crippen MR) is 105 cm³/mol. The Kier molecular flexibility index (Phi) is 5.72. The SMILES string of the molecule is CC(C)c1ccc(C(=O)COC(=O)/C=C/c2c(Cl)nc3ccccn23)cc1. The highest BCUT2D eigenvalue weighted by atomic mass is 35.5. The Morgan fingerprint density at radius 2 is 1.93 bits per heavy atom. The Hall–Kier alpha value is -2.92. The highest BCUT2D eigenvalue weighted by Gasteiger charge is 2.11. The van der Waals surface area contributed by atoms with Crippen LogP contribution in [0.4, 0.5) is 0 Å². The molecule has 3 aromatic rings. The average molecular weight is 383 g/mol. The third kappa shape index (κ3) is 4.44. The molecule has 0 radical (unpaired) electrons. The fraction of sp³-hybridized carbons (Fsp3) is 0.190. The van der Waals surface area contributed by atoms with E-state index in [1.54, 1.807) is 22.7 Å². The number of hydrogen-bond donors (Lipinski definition) is 0. The van der Waals surface area contributed by atoms with Crippen molar-refractivity contribution in [2.75, 3.05) is 6.61 Å². The summed E-state index contributed by atoms with van der Waals surface area (Å²) in [7, 11) is 0. The van der Waals surface area contributed by atoms with Gasteiger partial charge in [0.15, 0.2) is 17.5 Å². The molecule has 0 amide bonds. The van der Waals surface area contributed by atoms with Crippen LogP contribution in [-0.2, 0) is 9.53 Å². The quantitative estimate of drug-likeness (QED) is 0.356. The van der Waals surface area contributed by atoms with Gasteiger partial charge in [-0.25, -0.2) is 9.78 Å². The molecule has 0 saturated heterocycles. The first-order valence-corrected chi connectivity index (χ1v) is 8.94. The summed E-state index contributed by atoms with van der Waals surface area (Å²) in [4.78, 5) is 28.3. The van der Waals surface area contributed by atoms with Crippen molar-refractivity contribution in [2.45, 2.75) is 19.8 Å². The lowest BCUT2D eigenvalue weighted by Gasteiger charge is -2.06. The summed E-state index contributed by atoms with van der Waals surface area (Å²) in [5, 5.41) is 0.284. The Morgan fingerprint density at radius 1 is 1.19 bits per heavy atom. The van der Waals surface area contributed by atoms with Crippen LogP contribution in [-0.4, -0.2) is 27.7 Å². The normalized spacial score (nSPS) is 11.4. The van der Waals surface area contributed by atoms with Gasteiger partial charge in [-0.2, -0.15) is 0 Å². The third-order valence-electron chi connectivity index (χ3n) is 4.14. The summed E-state index contributed by atoms with van der Waals surface area (Å²) in [6.07, 6.45) is 4.55. The molecule has 0 N–H and O–H groups in total. The lowest BCUT2D eigenvalue weighted by atomic mass is 10.0. The van der Waals surface area contributed by atoms with Crippen LogP contribution in [0.1, 0.15) is 41.4 Å². The van der Waals surface area contributed by atoms with Crippen molar-refractivity contribution >= 4 is 35.1 Å². The largest absolute Gasteiger partial charge is 0.454 e. The predicted octanol–water partition coefficient (Wildman–Crippen LogP) is 4.55. The van der Waals surface area contributed by atoms with Gasteiger partial charge in [-0.15, -0.1) is 0 Å². The third-order valence-corrected chi connectivity index (χ3v) is 4.42. The van der Waals surface area contributed by atoms with Crippen molar-refractivity contribution in [3.8, 4) is 0 Å². The number of benzene rings is 1. The van der Waals surface area contributed by atoms with Gasteiger partial charge in [-0.05, 0) is 29.7 Å². The van der Waals surface area contributed by atoms with E-state index in [4.69, 9.17) is 16.3 Å². The smallest absolute Gasteiger partial charge is 0.331 e. The number of Topliss-reactive ketones (excluding diaryl/α,β-unsaturated/α-hetero) is 1. The molecule has 0 fully saturated rings. The van der Waals surface area contributed by atoms with Gasteiger partial charge in [0.05, 0.1) is 5.69 Å². The van der Waals surface area contributed by atoms with Crippen LogP contribution in [0.5, 0.6) is 0 Å². The van der Waals surface area contributed by atoms with Crippen molar-refractivity contribution in [3.05, 3.63) is 76.7 Å². The molecule has 1 aromatic carbocycles. The van der Waals surface area contributed by atoms with Gasteiger partial charge in [0, 0.05) is 17.8 Å². The van der Waals surface area contributed by atoms with Crippen LogP contribution in [0, 0.1) is 0 Å². The Balaban J connectivity index is 1.61. The number of fused-ring (bicyclic) bond motifs is 1. The van der Waals surface area contributed by atoms with E-state index in [2.05, 4.69) is 18.8 Å². The fourth-order valence-corrected chi connectivity index (χ4v) is 2.84. The maximum absolute atomic E-state index is 12.2. The van der Waals surface area contributed by atoms with Gasteiger partial charge < -0.3 is 4.74 Å². The number of carbonyl (C=O) groups excluding carboxylic acids is 2. The molecule has 27 heavy (non-hydrogen) atoms. The summed E-state index contributed by atoms with van der Waals surface area (Å²) in [6.45, 7) is 3.85. The second kappa shape index (κ2) is 8.18. The first-order chi connectivity index (χ1) is 13.0. The zero-order valence-electron chi connectivity index (χ0n) is 15.1. The van der Waals surface area contributed by atoms with Gasteiger partial charge >= 0.3 is 5.97 Å². The van der Waals surface area contributed by atoms with E-state index < -0.39 is 5.97 Å². The highest BCUT2D eigenvalue weighted by Crippen LogP contribution is 2.19. The summed E-state index contributed by atoms with van der Waals surface area (Å²) in [5.41, 5.74) is 2.91. The minimum Gasteiger partial charge on any atom is -0.454 e. The van der Waals surface area contributed by atoms with Crippen LogP contribution in [0.15, 0.2) is 54.7 Å². The van der Waals surface area contributed by atoms with Crippen molar-refractivity contribution < 1.29 is 14.3 Å². The molecular weight excluding hydrogens is 364 g/mol. The van der Waals surface area contributed by atoms with Gasteiger partial charge in [0.2, 0.25) is 0 Å². The van der Waals surface area contributed by atoms with E-state index in [0.717, 1.165) is 5.56 Å². The molecule has 0 saturated carbocycles. The number of rotatable bonds is 6. The molecule has 138 valence electrons.